The molecule has 0 saturated heterocycles. The number of hydrogen-bond acceptors (Lipinski definition) is 3. The molecule has 23 heavy (non-hydrogen) atoms. The highest BCUT2D eigenvalue weighted by molar-refractivity contribution is 6.31. The molecule has 0 aliphatic heterocycles. The lowest BCUT2D eigenvalue weighted by molar-refractivity contribution is -0.128. The molecule has 0 aliphatic rings. The highest BCUT2D eigenvalue weighted by Gasteiger charge is 2.23. The minimum absolute atomic E-state index is 0.0229. The van der Waals surface area contributed by atoms with Crippen molar-refractivity contribution >= 4 is 23.4 Å². The molecular formula is C17H26ClN3O2. The maximum Gasteiger partial charge on any atom is 0.239 e. The molecule has 0 unspecified atom stereocenters. The van der Waals surface area contributed by atoms with Gasteiger partial charge in [-0.05, 0) is 37.8 Å². The van der Waals surface area contributed by atoms with Gasteiger partial charge in [0.15, 0.2) is 0 Å². The zero-order valence-electron chi connectivity index (χ0n) is 14.2. The summed E-state index contributed by atoms with van der Waals surface area (Å²) in [6.07, 6.45) is 0.595. The van der Waals surface area contributed by atoms with E-state index in [0.29, 0.717) is 11.4 Å². The van der Waals surface area contributed by atoms with Gasteiger partial charge >= 0.3 is 0 Å². The molecule has 4 N–H and O–H groups in total. The molecule has 0 aliphatic carbocycles. The van der Waals surface area contributed by atoms with Gasteiger partial charge in [0.1, 0.15) is 0 Å². The predicted octanol–water partition coefficient (Wildman–Crippen LogP) is 1.88. The average molecular weight is 340 g/mol. The summed E-state index contributed by atoms with van der Waals surface area (Å²) in [4.78, 5) is 23.8. The van der Waals surface area contributed by atoms with Crippen LogP contribution in [0.4, 0.5) is 0 Å². The summed E-state index contributed by atoms with van der Waals surface area (Å²) in [7, 11) is 0. The summed E-state index contributed by atoms with van der Waals surface area (Å²) in [5, 5.41) is 6.13. The maximum absolute atomic E-state index is 12.0. The van der Waals surface area contributed by atoms with Crippen molar-refractivity contribution in [3.05, 3.63) is 34.9 Å². The lowest BCUT2D eigenvalue weighted by Gasteiger charge is -2.27. The Hall–Kier alpha value is -1.59. The van der Waals surface area contributed by atoms with Gasteiger partial charge in [0, 0.05) is 10.6 Å². The molecule has 0 saturated carbocycles. The standard InChI is InChI=1S/C17H26ClN3O2/c1-11(2)15(19)16(23)20-10-14(22)21-17(3,4)9-12-7-5-6-8-13(12)18/h5-8,11,15H,9-10,19H2,1-4H3,(H,20,23)(H,21,22)/t15-/m0/s1. The molecule has 0 bridgehead atoms. The normalized spacial score (nSPS) is 12.8. The number of hydrogen-bond donors (Lipinski definition) is 3. The van der Waals surface area contributed by atoms with Crippen LogP contribution >= 0.6 is 11.6 Å². The van der Waals surface area contributed by atoms with Crippen molar-refractivity contribution in [3.63, 3.8) is 0 Å². The lowest BCUT2D eigenvalue weighted by atomic mass is 9.95. The summed E-state index contributed by atoms with van der Waals surface area (Å²) in [5.74, 6) is -0.555. The Morgan fingerprint density at radius 1 is 1.26 bits per heavy atom. The molecule has 0 radical (unpaired) electrons. The third-order valence-corrected chi connectivity index (χ3v) is 3.88. The number of amides is 2. The monoisotopic (exact) mass is 339 g/mol. The lowest BCUT2D eigenvalue weighted by Crippen LogP contribution is -2.51. The van der Waals surface area contributed by atoms with E-state index in [1.165, 1.54) is 0 Å². The smallest absolute Gasteiger partial charge is 0.239 e. The quantitative estimate of drug-likeness (QED) is 0.709. The van der Waals surface area contributed by atoms with Crippen molar-refractivity contribution in [1.82, 2.24) is 10.6 Å². The fourth-order valence-electron chi connectivity index (χ4n) is 2.17. The van der Waals surface area contributed by atoms with E-state index in [-0.39, 0.29) is 24.3 Å². The summed E-state index contributed by atoms with van der Waals surface area (Å²) >= 11 is 6.15. The van der Waals surface area contributed by atoms with Crippen LogP contribution in [-0.4, -0.2) is 29.9 Å². The first-order valence-corrected chi connectivity index (χ1v) is 8.08. The second-order valence-electron chi connectivity index (χ2n) is 6.69. The van der Waals surface area contributed by atoms with Gasteiger partial charge in [-0.25, -0.2) is 0 Å². The number of nitrogens with one attached hydrogen (secondary N) is 2. The van der Waals surface area contributed by atoms with E-state index in [4.69, 9.17) is 17.3 Å². The van der Waals surface area contributed by atoms with Crippen molar-refractivity contribution in [1.29, 1.82) is 0 Å². The summed E-state index contributed by atoms with van der Waals surface area (Å²) in [6, 6.07) is 6.92. The van der Waals surface area contributed by atoms with Crippen LogP contribution in [0.15, 0.2) is 24.3 Å². The molecule has 0 aromatic heterocycles. The van der Waals surface area contributed by atoms with Crippen molar-refractivity contribution in [2.45, 2.75) is 45.7 Å². The van der Waals surface area contributed by atoms with Crippen LogP contribution in [0.3, 0.4) is 0 Å². The van der Waals surface area contributed by atoms with Crippen LogP contribution in [0, 0.1) is 5.92 Å². The molecule has 1 aromatic carbocycles. The molecule has 0 fully saturated rings. The van der Waals surface area contributed by atoms with E-state index in [2.05, 4.69) is 10.6 Å². The summed E-state index contributed by atoms with van der Waals surface area (Å²) in [6.45, 7) is 7.45. The summed E-state index contributed by atoms with van der Waals surface area (Å²) < 4.78 is 0. The van der Waals surface area contributed by atoms with Crippen LogP contribution in [-0.2, 0) is 16.0 Å². The Morgan fingerprint density at radius 2 is 1.87 bits per heavy atom. The first-order valence-electron chi connectivity index (χ1n) is 7.70. The first kappa shape index (κ1) is 19.5. The molecule has 2 amide bonds. The molecular weight excluding hydrogens is 314 g/mol. The minimum atomic E-state index is -0.612. The number of benzene rings is 1. The largest absolute Gasteiger partial charge is 0.349 e. The Morgan fingerprint density at radius 3 is 2.43 bits per heavy atom. The fraction of sp³-hybridized carbons (Fsp3) is 0.529. The van der Waals surface area contributed by atoms with E-state index in [0.717, 1.165) is 5.56 Å². The van der Waals surface area contributed by atoms with E-state index in [1.54, 1.807) is 0 Å². The molecule has 1 aromatic rings. The van der Waals surface area contributed by atoms with Crippen LogP contribution in [0.2, 0.25) is 5.02 Å². The zero-order chi connectivity index (χ0) is 17.6. The molecule has 1 rings (SSSR count). The molecule has 0 heterocycles. The van der Waals surface area contributed by atoms with Gasteiger partial charge in [-0.3, -0.25) is 9.59 Å². The van der Waals surface area contributed by atoms with Gasteiger partial charge in [-0.2, -0.15) is 0 Å². The highest BCUT2D eigenvalue weighted by Crippen LogP contribution is 2.20. The van der Waals surface area contributed by atoms with Crippen LogP contribution < -0.4 is 16.4 Å². The van der Waals surface area contributed by atoms with Crippen molar-refractivity contribution in [2.24, 2.45) is 11.7 Å². The number of halogens is 1. The van der Waals surface area contributed by atoms with Gasteiger partial charge in [0.2, 0.25) is 11.8 Å². The van der Waals surface area contributed by atoms with Crippen molar-refractivity contribution in [2.75, 3.05) is 6.54 Å². The van der Waals surface area contributed by atoms with Crippen molar-refractivity contribution < 1.29 is 9.59 Å². The highest BCUT2D eigenvalue weighted by atomic mass is 35.5. The Balaban J connectivity index is 2.52. The van der Waals surface area contributed by atoms with Crippen LogP contribution in [0.5, 0.6) is 0 Å². The number of carbonyl (C=O) groups is 2. The second-order valence-corrected chi connectivity index (χ2v) is 7.10. The van der Waals surface area contributed by atoms with Gasteiger partial charge in [0.05, 0.1) is 12.6 Å². The van der Waals surface area contributed by atoms with E-state index in [9.17, 15) is 9.59 Å². The summed E-state index contributed by atoms with van der Waals surface area (Å²) in [5.41, 5.74) is 6.22. The Labute approximate surface area is 143 Å². The third kappa shape index (κ3) is 6.59. The van der Waals surface area contributed by atoms with Gasteiger partial charge in [-0.15, -0.1) is 0 Å². The molecule has 0 spiro atoms. The zero-order valence-corrected chi connectivity index (χ0v) is 14.9. The first-order chi connectivity index (χ1) is 10.6. The number of nitrogens with two attached hydrogens (primary N) is 1. The SMILES string of the molecule is CC(C)[C@H](N)C(=O)NCC(=O)NC(C)(C)Cc1ccccc1Cl. The molecule has 5 nitrogen and oxygen atoms in total. The molecule has 1 atom stereocenters. The van der Waals surface area contributed by atoms with Crippen LogP contribution in [0.1, 0.15) is 33.3 Å². The van der Waals surface area contributed by atoms with Crippen molar-refractivity contribution in [3.8, 4) is 0 Å². The molecule has 6 heteroatoms. The Bertz CT molecular complexity index is 559. The fourth-order valence-corrected chi connectivity index (χ4v) is 2.37. The second kappa shape index (κ2) is 8.31. The number of rotatable bonds is 7. The number of carbonyl (C=O) groups excluding carboxylic acids is 2. The Kier molecular flexibility index (Phi) is 7.03. The van der Waals surface area contributed by atoms with Crippen LogP contribution in [0.25, 0.3) is 0 Å². The maximum atomic E-state index is 12.0. The van der Waals surface area contributed by atoms with Gasteiger partial charge in [0.25, 0.3) is 0 Å². The van der Waals surface area contributed by atoms with E-state index >= 15 is 0 Å². The third-order valence-electron chi connectivity index (χ3n) is 3.51. The van der Waals surface area contributed by atoms with Gasteiger partial charge < -0.3 is 16.4 Å². The van der Waals surface area contributed by atoms with Gasteiger partial charge in [-0.1, -0.05) is 43.6 Å². The van der Waals surface area contributed by atoms with E-state index in [1.807, 2.05) is 52.0 Å². The predicted molar refractivity (Wildman–Crippen MR) is 93.2 cm³/mol. The minimum Gasteiger partial charge on any atom is -0.349 e. The topological polar surface area (TPSA) is 84.2 Å². The average Bonchev–Trinajstić information content (AvgIpc) is 2.45. The van der Waals surface area contributed by atoms with E-state index < -0.39 is 11.6 Å². The molecule has 128 valence electrons.